The maximum absolute atomic E-state index is 11.9. The maximum atomic E-state index is 11.9. The largest absolute Gasteiger partial charge is 0.399 e. The highest BCUT2D eigenvalue weighted by Crippen LogP contribution is 2.18. The highest BCUT2D eigenvalue weighted by Gasteiger charge is 2.27. The molecule has 0 aliphatic carbocycles. The second-order valence-electron chi connectivity index (χ2n) is 5.28. The minimum absolute atomic E-state index is 0.227. The van der Waals surface area contributed by atoms with Crippen LogP contribution < -0.4 is 5.73 Å². The summed E-state index contributed by atoms with van der Waals surface area (Å²) in [6.45, 7) is 5.22. The van der Waals surface area contributed by atoms with Crippen molar-refractivity contribution in [3.05, 3.63) is 29.8 Å². The number of aryl methyl sites for hydroxylation is 1. The van der Waals surface area contributed by atoms with Gasteiger partial charge in [-0.1, -0.05) is 12.1 Å². The number of hydrogen-bond acceptors (Lipinski definition) is 3. The molecule has 0 spiro atoms. The average Bonchev–Trinajstić information content (AvgIpc) is 2.15. The Hall–Kier alpha value is -1.03. The zero-order chi connectivity index (χ0) is 13.1. The van der Waals surface area contributed by atoms with E-state index in [1.165, 1.54) is 0 Å². The summed E-state index contributed by atoms with van der Waals surface area (Å²) in [5.74, 6) is 0.227. The molecule has 0 saturated carbocycles. The molecule has 4 heteroatoms. The summed E-state index contributed by atoms with van der Waals surface area (Å²) in [5, 5.41) is 0. The predicted octanol–water partition coefficient (Wildman–Crippen LogP) is 2.41. The van der Waals surface area contributed by atoms with E-state index in [1.807, 2.05) is 24.3 Å². The first-order valence-electron chi connectivity index (χ1n) is 5.79. The fourth-order valence-electron chi connectivity index (χ4n) is 1.52. The second-order valence-corrected chi connectivity index (χ2v) is 8.14. The molecule has 2 N–H and O–H groups in total. The lowest BCUT2D eigenvalue weighted by Crippen LogP contribution is -2.30. The smallest absolute Gasteiger partial charge is 0.155 e. The number of hydrogen-bond donors (Lipinski definition) is 1. The van der Waals surface area contributed by atoms with Gasteiger partial charge >= 0.3 is 0 Å². The minimum atomic E-state index is -3.01. The predicted molar refractivity (Wildman–Crippen MR) is 72.7 cm³/mol. The lowest BCUT2D eigenvalue weighted by molar-refractivity contribution is 0.557. The Balaban J connectivity index is 2.55. The molecule has 0 fully saturated rings. The lowest BCUT2D eigenvalue weighted by atomic mass is 10.1. The Kier molecular flexibility index (Phi) is 4.20. The highest BCUT2D eigenvalue weighted by atomic mass is 32.2. The molecule has 0 heterocycles. The molecule has 0 bridgehead atoms. The summed E-state index contributed by atoms with van der Waals surface area (Å²) >= 11 is 0. The van der Waals surface area contributed by atoms with Crippen LogP contribution in [0.2, 0.25) is 0 Å². The van der Waals surface area contributed by atoms with Crippen LogP contribution >= 0.6 is 0 Å². The normalized spacial score (nSPS) is 12.6. The quantitative estimate of drug-likeness (QED) is 0.840. The first kappa shape index (κ1) is 14.0. The number of nitrogens with two attached hydrogens (primary N) is 1. The van der Waals surface area contributed by atoms with Crippen molar-refractivity contribution in [1.82, 2.24) is 0 Å². The van der Waals surface area contributed by atoms with Crippen molar-refractivity contribution in [2.75, 3.05) is 11.5 Å². The molecule has 0 atom stereocenters. The summed E-state index contributed by atoms with van der Waals surface area (Å²) in [6.07, 6.45) is 1.39. The first-order valence-corrected chi connectivity index (χ1v) is 7.44. The minimum Gasteiger partial charge on any atom is -0.399 e. The van der Waals surface area contributed by atoms with E-state index >= 15 is 0 Å². The summed E-state index contributed by atoms with van der Waals surface area (Å²) in [6, 6.07) is 7.59. The summed E-state index contributed by atoms with van der Waals surface area (Å²) in [7, 11) is -3.01. The third-order valence-corrected chi connectivity index (χ3v) is 5.45. The van der Waals surface area contributed by atoms with Crippen LogP contribution in [0.15, 0.2) is 24.3 Å². The van der Waals surface area contributed by atoms with Gasteiger partial charge in [0, 0.05) is 5.69 Å². The van der Waals surface area contributed by atoms with Crippen LogP contribution in [0.4, 0.5) is 5.69 Å². The standard InChI is InChI=1S/C13H21NO2S/c1-13(2,3)17(15,16)9-5-7-11-6-4-8-12(14)10-11/h4,6,8,10H,5,7,9,14H2,1-3H3. The van der Waals surface area contributed by atoms with E-state index in [1.54, 1.807) is 20.8 Å². The van der Waals surface area contributed by atoms with E-state index in [4.69, 9.17) is 5.73 Å². The van der Waals surface area contributed by atoms with Crippen molar-refractivity contribution in [3.63, 3.8) is 0 Å². The van der Waals surface area contributed by atoms with E-state index < -0.39 is 14.6 Å². The average molecular weight is 255 g/mol. The summed E-state index contributed by atoms with van der Waals surface area (Å²) in [4.78, 5) is 0. The van der Waals surface area contributed by atoms with Gasteiger partial charge in [0.1, 0.15) is 0 Å². The van der Waals surface area contributed by atoms with Gasteiger partial charge in [0.15, 0.2) is 9.84 Å². The summed E-state index contributed by atoms with van der Waals surface area (Å²) in [5.41, 5.74) is 7.48. The van der Waals surface area contributed by atoms with Crippen LogP contribution in [0, 0.1) is 0 Å². The zero-order valence-electron chi connectivity index (χ0n) is 10.7. The number of sulfone groups is 1. The Labute approximate surface area is 104 Å². The second kappa shape index (κ2) is 5.08. The SMILES string of the molecule is CC(C)(C)S(=O)(=O)CCCc1cccc(N)c1. The van der Waals surface area contributed by atoms with Gasteiger partial charge in [0.25, 0.3) is 0 Å². The molecule has 0 saturated heterocycles. The van der Waals surface area contributed by atoms with Crippen LogP contribution in [0.25, 0.3) is 0 Å². The Morgan fingerprint density at radius 1 is 1.24 bits per heavy atom. The number of anilines is 1. The number of nitrogen functional groups attached to an aromatic ring is 1. The Morgan fingerprint density at radius 3 is 2.41 bits per heavy atom. The van der Waals surface area contributed by atoms with E-state index in [-0.39, 0.29) is 5.75 Å². The van der Waals surface area contributed by atoms with Crippen molar-refractivity contribution >= 4 is 15.5 Å². The number of benzene rings is 1. The molecule has 0 aliphatic rings. The van der Waals surface area contributed by atoms with Gasteiger partial charge in [0.05, 0.1) is 10.5 Å². The molecule has 0 unspecified atom stereocenters. The van der Waals surface area contributed by atoms with Crippen molar-refractivity contribution in [2.24, 2.45) is 0 Å². The monoisotopic (exact) mass is 255 g/mol. The van der Waals surface area contributed by atoms with Gasteiger partial charge in [-0.25, -0.2) is 8.42 Å². The van der Waals surface area contributed by atoms with Crippen LogP contribution in [0.3, 0.4) is 0 Å². The van der Waals surface area contributed by atoms with Gasteiger partial charge in [-0.2, -0.15) is 0 Å². The third-order valence-electron chi connectivity index (χ3n) is 2.76. The van der Waals surface area contributed by atoms with Crippen LogP contribution in [-0.4, -0.2) is 18.9 Å². The van der Waals surface area contributed by atoms with Crippen LogP contribution in [0.5, 0.6) is 0 Å². The molecular formula is C13H21NO2S. The van der Waals surface area contributed by atoms with Crippen LogP contribution in [-0.2, 0) is 16.3 Å². The zero-order valence-corrected chi connectivity index (χ0v) is 11.5. The first-order chi connectivity index (χ1) is 7.72. The molecule has 0 amide bonds. The molecule has 1 aromatic carbocycles. The molecule has 17 heavy (non-hydrogen) atoms. The van der Waals surface area contributed by atoms with Gasteiger partial charge in [-0.3, -0.25) is 0 Å². The molecule has 96 valence electrons. The highest BCUT2D eigenvalue weighted by molar-refractivity contribution is 7.92. The Bertz CT molecular complexity index is 472. The van der Waals surface area contributed by atoms with Crippen molar-refractivity contribution in [1.29, 1.82) is 0 Å². The Morgan fingerprint density at radius 2 is 1.88 bits per heavy atom. The topological polar surface area (TPSA) is 60.2 Å². The van der Waals surface area contributed by atoms with Crippen molar-refractivity contribution < 1.29 is 8.42 Å². The van der Waals surface area contributed by atoms with Crippen molar-refractivity contribution in [3.8, 4) is 0 Å². The van der Waals surface area contributed by atoms with Gasteiger partial charge in [-0.15, -0.1) is 0 Å². The van der Waals surface area contributed by atoms with E-state index in [0.29, 0.717) is 6.42 Å². The molecule has 1 rings (SSSR count). The maximum Gasteiger partial charge on any atom is 0.155 e. The molecule has 1 aromatic rings. The fourth-order valence-corrected chi connectivity index (χ4v) is 2.66. The van der Waals surface area contributed by atoms with E-state index in [0.717, 1.165) is 17.7 Å². The lowest BCUT2D eigenvalue weighted by Gasteiger charge is -2.18. The van der Waals surface area contributed by atoms with Gasteiger partial charge in [0.2, 0.25) is 0 Å². The van der Waals surface area contributed by atoms with E-state index in [9.17, 15) is 8.42 Å². The van der Waals surface area contributed by atoms with Crippen LogP contribution in [0.1, 0.15) is 32.8 Å². The van der Waals surface area contributed by atoms with Crippen molar-refractivity contribution in [2.45, 2.75) is 38.4 Å². The number of rotatable bonds is 4. The third kappa shape index (κ3) is 4.04. The van der Waals surface area contributed by atoms with Gasteiger partial charge in [-0.05, 0) is 51.3 Å². The van der Waals surface area contributed by atoms with E-state index in [2.05, 4.69) is 0 Å². The summed E-state index contributed by atoms with van der Waals surface area (Å²) < 4.78 is 23.1. The molecule has 3 nitrogen and oxygen atoms in total. The van der Waals surface area contributed by atoms with Gasteiger partial charge < -0.3 is 5.73 Å². The molecule has 0 radical (unpaired) electrons. The fraction of sp³-hybridized carbons (Fsp3) is 0.538. The molecular weight excluding hydrogens is 234 g/mol. The molecule has 0 aliphatic heterocycles. The molecule has 0 aromatic heterocycles.